The summed E-state index contributed by atoms with van der Waals surface area (Å²) in [5, 5.41) is 9.00. The van der Waals surface area contributed by atoms with Crippen LogP contribution in [0.3, 0.4) is 0 Å². The first-order chi connectivity index (χ1) is 8.16. The number of unbranched alkanes of at least 4 members (excludes halogenated alkanes) is 2. The molecule has 0 aliphatic carbocycles. The molecule has 17 heavy (non-hydrogen) atoms. The highest BCUT2D eigenvalue weighted by Crippen LogP contribution is 2.35. The van der Waals surface area contributed by atoms with Crippen molar-refractivity contribution in [2.45, 2.75) is 78.2 Å². The number of aliphatic hydroxyl groups is 1. The van der Waals surface area contributed by atoms with Crippen molar-refractivity contribution >= 4 is 0 Å². The first-order valence-electron chi connectivity index (χ1n) is 7.08. The van der Waals surface area contributed by atoms with E-state index in [1.54, 1.807) is 0 Å². The van der Waals surface area contributed by atoms with E-state index in [2.05, 4.69) is 32.8 Å². The zero-order chi connectivity index (χ0) is 13.1. The van der Waals surface area contributed by atoms with E-state index in [1.807, 2.05) is 0 Å². The summed E-state index contributed by atoms with van der Waals surface area (Å²) in [5.41, 5.74) is 6.15. The standard InChI is InChI=1S/C15H29NO/c1-4-7-10-15(12-13-17,11-8-5-2)14(16)9-6-3/h14,17H,4-11,16H2,1-3H3. The van der Waals surface area contributed by atoms with Crippen LogP contribution in [-0.2, 0) is 0 Å². The molecule has 0 fully saturated rings. The average Bonchev–Trinajstić information content (AvgIpc) is 2.33. The van der Waals surface area contributed by atoms with Gasteiger partial charge in [0, 0.05) is 11.5 Å². The number of rotatable bonds is 9. The fourth-order valence-corrected chi connectivity index (χ4v) is 2.40. The van der Waals surface area contributed by atoms with Crippen molar-refractivity contribution in [1.29, 1.82) is 0 Å². The van der Waals surface area contributed by atoms with Gasteiger partial charge in [0.25, 0.3) is 0 Å². The Bertz CT molecular complexity index is 231. The minimum Gasteiger partial charge on any atom is -0.462 e. The molecule has 0 spiro atoms. The second-order valence-corrected chi connectivity index (χ2v) is 5.00. The molecule has 3 N–H and O–H groups in total. The molecule has 0 heterocycles. The highest BCUT2D eigenvalue weighted by atomic mass is 16.2. The fraction of sp³-hybridized carbons (Fsp3) is 0.867. The van der Waals surface area contributed by atoms with Gasteiger partial charge < -0.3 is 10.8 Å². The van der Waals surface area contributed by atoms with Gasteiger partial charge in [-0.1, -0.05) is 58.8 Å². The van der Waals surface area contributed by atoms with E-state index in [0.29, 0.717) is 0 Å². The molecule has 100 valence electrons. The molecule has 0 aliphatic heterocycles. The normalized spacial score (nSPS) is 12.9. The summed E-state index contributed by atoms with van der Waals surface area (Å²) < 4.78 is 0. The Morgan fingerprint density at radius 2 is 1.59 bits per heavy atom. The van der Waals surface area contributed by atoms with Crippen molar-refractivity contribution in [3.05, 3.63) is 0 Å². The third-order valence-corrected chi connectivity index (χ3v) is 3.57. The number of hydrogen-bond acceptors (Lipinski definition) is 2. The van der Waals surface area contributed by atoms with Crippen LogP contribution in [0.2, 0.25) is 0 Å². The minimum absolute atomic E-state index is 0.0882. The Hall–Kier alpha value is -0.680. The van der Waals surface area contributed by atoms with E-state index in [1.165, 1.54) is 0 Å². The third-order valence-electron chi connectivity index (χ3n) is 3.57. The minimum atomic E-state index is -0.170. The van der Waals surface area contributed by atoms with Gasteiger partial charge in [-0.2, -0.15) is 0 Å². The Kier molecular flexibility index (Phi) is 8.99. The quantitative estimate of drug-likeness (QED) is 0.601. The van der Waals surface area contributed by atoms with E-state index in [0.717, 1.165) is 51.4 Å². The molecule has 0 bridgehead atoms. The highest BCUT2D eigenvalue weighted by molar-refractivity contribution is 5.12. The molecular formula is C15H29NO. The maximum Gasteiger partial charge on any atom is 0.108 e. The van der Waals surface area contributed by atoms with E-state index < -0.39 is 0 Å². The molecule has 0 saturated heterocycles. The largest absolute Gasteiger partial charge is 0.462 e. The van der Waals surface area contributed by atoms with Gasteiger partial charge >= 0.3 is 0 Å². The van der Waals surface area contributed by atoms with Crippen LogP contribution in [0.1, 0.15) is 72.1 Å². The van der Waals surface area contributed by atoms with E-state index in [9.17, 15) is 0 Å². The van der Waals surface area contributed by atoms with Crippen molar-refractivity contribution < 1.29 is 5.11 Å². The summed E-state index contributed by atoms with van der Waals surface area (Å²) in [6.07, 6.45) is 10.8. The number of aliphatic hydroxyl groups excluding tert-OH is 1. The summed E-state index contributed by atoms with van der Waals surface area (Å²) >= 11 is 0. The molecule has 0 aliphatic rings. The topological polar surface area (TPSA) is 46.2 Å². The monoisotopic (exact) mass is 239 g/mol. The lowest BCUT2D eigenvalue weighted by Crippen LogP contribution is -2.41. The fourth-order valence-electron chi connectivity index (χ4n) is 2.40. The lowest BCUT2D eigenvalue weighted by molar-refractivity contribution is 0.244. The molecule has 0 radical (unpaired) electrons. The zero-order valence-electron chi connectivity index (χ0n) is 11.8. The zero-order valence-corrected chi connectivity index (χ0v) is 11.8. The van der Waals surface area contributed by atoms with Crippen LogP contribution < -0.4 is 5.73 Å². The van der Waals surface area contributed by atoms with Crippen molar-refractivity contribution in [1.82, 2.24) is 0 Å². The average molecular weight is 239 g/mol. The van der Waals surface area contributed by atoms with Gasteiger partial charge in [0.15, 0.2) is 0 Å². The summed E-state index contributed by atoms with van der Waals surface area (Å²) in [6.45, 7) is 6.52. The number of hydrogen-bond donors (Lipinski definition) is 2. The van der Waals surface area contributed by atoms with Gasteiger partial charge in [-0.05, 0) is 19.3 Å². The molecular weight excluding hydrogens is 210 g/mol. The molecule has 0 aromatic carbocycles. The van der Waals surface area contributed by atoms with Crippen LogP contribution in [-0.4, -0.2) is 11.1 Å². The van der Waals surface area contributed by atoms with Gasteiger partial charge in [0.2, 0.25) is 0 Å². The van der Waals surface area contributed by atoms with Crippen LogP contribution in [0.4, 0.5) is 0 Å². The molecule has 1 atom stereocenters. The summed E-state index contributed by atoms with van der Waals surface area (Å²) in [7, 11) is 0. The summed E-state index contributed by atoms with van der Waals surface area (Å²) in [6, 6.07) is 0.0882. The van der Waals surface area contributed by atoms with Crippen molar-refractivity contribution in [2.24, 2.45) is 11.1 Å². The molecule has 0 aromatic heterocycles. The van der Waals surface area contributed by atoms with Gasteiger partial charge in [0.05, 0.1) is 0 Å². The van der Waals surface area contributed by atoms with Crippen molar-refractivity contribution in [3.8, 4) is 12.0 Å². The number of nitrogens with two attached hydrogens (primary N) is 1. The van der Waals surface area contributed by atoms with Crippen LogP contribution in [0, 0.1) is 17.4 Å². The third kappa shape index (κ3) is 5.46. The lowest BCUT2D eigenvalue weighted by atomic mass is 9.72. The molecule has 0 saturated carbocycles. The Balaban J connectivity index is 4.83. The van der Waals surface area contributed by atoms with Crippen LogP contribution >= 0.6 is 0 Å². The van der Waals surface area contributed by atoms with Crippen molar-refractivity contribution in [2.75, 3.05) is 0 Å². The van der Waals surface area contributed by atoms with Gasteiger partial charge in [0.1, 0.15) is 6.11 Å². The van der Waals surface area contributed by atoms with Gasteiger partial charge in [-0.25, -0.2) is 0 Å². The molecule has 1 unspecified atom stereocenters. The van der Waals surface area contributed by atoms with Crippen molar-refractivity contribution in [3.63, 3.8) is 0 Å². The van der Waals surface area contributed by atoms with Gasteiger partial charge in [-0.15, -0.1) is 0 Å². The predicted octanol–water partition coefficient (Wildman–Crippen LogP) is 3.81. The SMILES string of the molecule is CCCCC(C#CO)(CCCC)C(N)CCC. The first kappa shape index (κ1) is 16.3. The summed E-state index contributed by atoms with van der Waals surface area (Å²) in [5.74, 6) is 3.03. The maximum absolute atomic E-state index is 9.00. The molecule has 0 amide bonds. The Morgan fingerprint density at radius 1 is 1.06 bits per heavy atom. The Labute approximate surface area is 107 Å². The second-order valence-electron chi connectivity index (χ2n) is 5.00. The van der Waals surface area contributed by atoms with Crippen LogP contribution in [0.5, 0.6) is 0 Å². The molecule has 2 heteroatoms. The first-order valence-corrected chi connectivity index (χ1v) is 7.08. The summed E-state index contributed by atoms with van der Waals surface area (Å²) in [4.78, 5) is 0. The second kappa shape index (κ2) is 9.36. The Morgan fingerprint density at radius 3 is 1.94 bits per heavy atom. The van der Waals surface area contributed by atoms with Gasteiger partial charge in [-0.3, -0.25) is 0 Å². The molecule has 0 aromatic rings. The van der Waals surface area contributed by atoms with Crippen LogP contribution in [0.25, 0.3) is 0 Å². The van der Waals surface area contributed by atoms with Crippen LogP contribution in [0.15, 0.2) is 0 Å². The predicted molar refractivity (Wildman–Crippen MR) is 74.1 cm³/mol. The lowest BCUT2D eigenvalue weighted by Gasteiger charge is -2.34. The molecule has 2 nitrogen and oxygen atoms in total. The van der Waals surface area contributed by atoms with E-state index in [4.69, 9.17) is 10.8 Å². The molecule has 0 rings (SSSR count). The highest BCUT2D eigenvalue weighted by Gasteiger charge is 2.33. The smallest absolute Gasteiger partial charge is 0.108 e. The van der Waals surface area contributed by atoms with E-state index in [-0.39, 0.29) is 11.5 Å². The van der Waals surface area contributed by atoms with E-state index >= 15 is 0 Å². The maximum atomic E-state index is 9.00.